The van der Waals surface area contributed by atoms with Crippen molar-refractivity contribution >= 4 is 27.5 Å². The van der Waals surface area contributed by atoms with E-state index >= 15 is 0 Å². The van der Waals surface area contributed by atoms with Gasteiger partial charge in [0.15, 0.2) is 0 Å². The summed E-state index contributed by atoms with van der Waals surface area (Å²) in [6.45, 7) is 2.59. The van der Waals surface area contributed by atoms with E-state index in [0.29, 0.717) is 11.6 Å². The lowest BCUT2D eigenvalue weighted by Gasteiger charge is -2.16. The van der Waals surface area contributed by atoms with Crippen molar-refractivity contribution in [2.45, 2.75) is 13.0 Å². The maximum Gasteiger partial charge on any atom is 0.119 e. The van der Waals surface area contributed by atoms with E-state index in [2.05, 4.69) is 15.9 Å². The monoisotopic (exact) mass is 339 g/mol. The van der Waals surface area contributed by atoms with Gasteiger partial charge in [0.1, 0.15) is 5.75 Å². The summed E-state index contributed by atoms with van der Waals surface area (Å²) in [5.41, 5.74) is 8.16. The van der Waals surface area contributed by atoms with E-state index in [9.17, 15) is 0 Å². The zero-order valence-electron chi connectivity index (χ0n) is 10.6. The molecule has 0 radical (unpaired) electrons. The van der Waals surface area contributed by atoms with Crippen molar-refractivity contribution in [1.29, 1.82) is 0 Å². The van der Waals surface area contributed by atoms with Gasteiger partial charge in [-0.25, -0.2) is 0 Å². The van der Waals surface area contributed by atoms with Crippen molar-refractivity contribution in [3.8, 4) is 5.75 Å². The van der Waals surface area contributed by atoms with Gasteiger partial charge in [-0.3, -0.25) is 0 Å². The molecule has 0 saturated carbocycles. The lowest BCUT2D eigenvalue weighted by atomic mass is 9.99. The second-order valence-corrected chi connectivity index (χ2v) is 5.36. The highest BCUT2D eigenvalue weighted by atomic mass is 79.9. The Morgan fingerprint density at radius 2 is 2.00 bits per heavy atom. The van der Waals surface area contributed by atoms with E-state index in [1.807, 2.05) is 49.4 Å². The lowest BCUT2D eigenvalue weighted by Crippen LogP contribution is -2.12. The van der Waals surface area contributed by atoms with Gasteiger partial charge in [0.2, 0.25) is 0 Å². The summed E-state index contributed by atoms with van der Waals surface area (Å²) in [5, 5.41) is 0.650. The molecule has 0 aliphatic carbocycles. The van der Waals surface area contributed by atoms with Crippen LogP contribution >= 0.6 is 27.5 Å². The van der Waals surface area contributed by atoms with E-state index in [1.54, 1.807) is 0 Å². The van der Waals surface area contributed by atoms with Gasteiger partial charge in [-0.1, -0.05) is 35.9 Å². The van der Waals surface area contributed by atoms with E-state index < -0.39 is 0 Å². The van der Waals surface area contributed by atoms with E-state index in [1.165, 1.54) is 0 Å². The predicted molar refractivity (Wildman–Crippen MR) is 82.8 cm³/mol. The fraction of sp³-hybridized carbons (Fsp3) is 0.200. The largest absolute Gasteiger partial charge is 0.494 e. The summed E-state index contributed by atoms with van der Waals surface area (Å²) in [6.07, 6.45) is 0. The van der Waals surface area contributed by atoms with Gasteiger partial charge in [-0.2, -0.15) is 0 Å². The third-order valence-corrected chi connectivity index (χ3v) is 4.16. The molecule has 1 unspecified atom stereocenters. The smallest absolute Gasteiger partial charge is 0.119 e. The van der Waals surface area contributed by atoms with Crippen molar-refractivity contribution in [1.82, 2.24) is 0 Å². The van der Waals surface area contributed by atoms with Crippen molar-refractivity contribution < 1.29 is 4.74 Å². The molecule has 19 heavy (non-hydrogen) atoms. The summed E-state index contributed by atoms with van der Waals surface area (Å²) in [4.78, 5) is 0. The molecule has 2 rings (SSSR count). The molecule has 1 atom stereocenters. The standard InChI is InChI=1S/C15H15BrClNO/c1-2-19-11-6-3-5-10(9-11)15(18)12-7-4-8-13(16)14(12)17/h3-9,15H,2,18H2,1H3. The van der Waals surface area contributed by atoms with Crippen LogP contribution in [0.2, 0.25) is 5.02 Å². The van der Waals surface area contributed by atoms with Crippen LogP contribution in [-0.2, 0) is 0 Å². The fourth-order valence-electron chi connectivity index (χ4n) is 1.90. The molecule has 2 aromatic carbocycles. The average molecular weight is 341 g/mol. The highest BCUT2D eigenvalue weighted by Gasteiger charge is 2.14. The summed E-state index contributed by atoms with van der Waals surface area (Å²) >= 11 is 9.69. The molecule has 2 aromatic rings. The molecule has 0 spiro atoms. The van der Waals surface area contributed by atoms with Crippen molar-refractivity contribution in [2.75, 3.05) is 6.61 Å². The normalized spacial score (nSPS) is 12.2. The first-order chi connectivity index (χ1) is 9.13. The lowest BCUT2D eigenvalue weighted by molar-refractivity contribution is 0.340. The molecule has 0 aromatic heterocycles. The summed E-state index contributed by atoms with van der Waals surface area (Å²) in [7, 11) is 0. The molecule has 4 heteroatoms. The number of benzene rings is 2. The molecule has 0 aliphatic rings. The summed E-state index contributed by atoms with van der Waals surface area (Å²) < 4.78 is 6.34. The van der Waals surface area contributed by atoms with Crippen molar-refractivity contribution in [2.24, 2.45) is 5.73 Å². The fourth-order valence-corrected chi connectivity index (χ4v) is 2.53. The van der Waals surface area contributed by atoms with Crippen LogP contribution < -0.4 is 10.5 Å². The van der Waals surface area contributed by atoms with Gasteiger partial charge in [-0.05, 0) is 52.2 Å². The number of rotatable bonds is 4. The van der Waals surface area contributed by atoms with Gasteiger partial charge >= 0.3 is 0 Å². The van der Waals surface area contributed by atoms with Crippen LogP contribution in [0.15, 0.2) is 46.9 Å². The van der Waals surface area contributed by atoms with Gasteiger partial charge < -0.3 is 10.5 Å². The van der Waals surface area contributed by atoms with Crippen LogP contribution in [-0.4, -0.2) is 6.61 Å². The number of hydrogen-bond acceptors (Lipinski definition) is 2. The van der Waals surface area contributed by atoms with Gasteiger partial charge in [0.25, 0.3) is 0 Å². The first-order valence-electron chi connectivity index (χ1n) is 6.05. The molecule has 0 amide bonds. The predicted octanol–water partition coefficient (Wildman–Crippen LogP) is 4.55. The Morgan fingerprint density at radius 1 is 1.26 bits per heavy atom. The van der Waals surface area contributed by atoms with Gasteiger partial charge in [0, 0.05) is 4.47 Å². The summed E-state index contributed by atoms with van der Waals surface area (Å²) in [6, 6.07) is 13.3. The Bertz CT molecular complexity index is 574. The van der Waals surface area contributed by atoms with Crippen LogP contribution in [0, 0.1) is 0 Å². The molecule has 0 saturated heterocycles. The molecule has 2 nitrogen and oxygen atoms in total. The van der Waals surface area contributed by atoms with Crippen molar-refractivity contribution in [3.63, 3.8) is 0 Å². The highest BCUT2D eigenvalue weighted by Crippen LogP contribution is 2.32. The van der Waals surface area contributed by atoms with Crippen LogP contribution in [0.5, 0.6) is 5.75 Å². The second-order valence-electron chi connectivity index (χ2n) is 4.13. The number of halogens is 2. The minimum absolute atomic E-state index is 0.273. The van der Waals surface area contributed by atoms with Gasteiger partial charge in [0.05, 0.1) is 17.7 Å². The minimum Gasteiger partial charge on any atom is -0.494 e. The quantitative estimate of drug-likeness (QED) is 0.886. The molecule has 0 aliphatic heterocycles. The SMILES string of the molecule is CCOc1cccc(C(N)c2cccc(Br)c2Cl)c1. The topological polar surface area (TPSA) is 35.2 Å². The zero-order chi connectivity index (χ0) is 13.8. The third kappa shape index (κ3) is 3.30. The Morgan fingerprint density at radius 3 is 2.74 bits per heavy atom. The molecule has 0 fully saturated rings. The summed E-state index contributed by atoms with van der Waals surface area (Å²) in [5.74, 6) is 0.821. The molecular formula is C15H15BrClNO. The van der Waals surface area contributed by atoms with E-state index in [0.717, 1.165) is 21.3 Å². The van der Waals surface area contributed by atoms with Crippen LogP contribution in [0.1, 0.15) is 24.1 Å². The van der Waals surface area contributed by atoms with E-state index in [4.69, 9.17) is 22.1 Å². The Labute approximate surface area is 126 Å². The first-order valence-corrected chi connectivity index (χ1v) is 7.22. The molecule has 2 N–H and O–H groups in total. The highest BCUT2D eigenvalue weighted by molar-refractivity contribution is 9.10. The van der Waals surface area contributed by atoms with Crippen LogP contribution in [0.25, 0.3) is 0 Å². The Kier molecular flexibility index (Phi) is 4.86. The van der Waals surface area contributed by atoms with Crippen molar-refractivity contribution in [3.05, 3.63) is 63.1 Å². The Balaban J connectivity index is 2.35. The number of nitrogens with two attached hydrogens (primary N) is 1. The molecular weight excluding hydrogens is 326 g/mol. The number of hydrogen-bond donors (Lipinski definition) is 1. The first kappa shape index (κ1) is 14.4. The van der Waals surface area contributed by atoms with Crippen LogP contribution in [0.4, 0.5) is 0 Å². The average Bonchev–Trinajstić information content (AvgIpc) is 2.42. The minimum atomic E-state index is -0.273. The second kappa shape index (κ2) is 6.42. The molecule has 0 heterocycles. The van der Waals surface area contributed by atoms with Crippen LogP contribution in [0.3, 0.4) is 0 Å². The van der Waals surface area contributed by atoms with Gasteiger partial charge in [-0.15, -0.1) is 0 Å². The molecule has 0 bridgehead atoms. The zero-order valence-corrected chi connectivity index (χ0v) is 12.9. The number of ether oxygens (including phenoxy) is 1. The third-order valence-electron chi connectivity index (χ3n) is 2.84. The van der Waals surface area contributed by atoms with E-state index in [-0.39, 0.29) is 6.04 Å². The maximum absolute atomic E-state index is 6.29. The Hall–Kier alpha value is -1.03. The molecule has 100 valence electrons. The maximum atomic E-state index is 6.29.